The highest BCUT2D eigenvalue weighted by Crippen LogP contribution is 2.31. The lowest BCUT2D eigenvalue weighted by atomic mass is 10.0. The zero-order valence-electron chi connectivity index (χ0n) is 12.1. The second kappa shape index (κ2) is 7.04. The summed E-state index contributed by atoms with van der Waals surface area (Å²) in [5.41, 5.74) is 0.895. The Labute approximate surface area is 123 Å². The van der Waals surface area contributed by atoms with E-state index in [4.69, 9.17) is 9.84 Å². The maximum absolute atomic E-state index is 10.7. The summed E-state index contributed by atoms with van der Waals surface area (Å²) in [6.45, 7) is 4.80. The molecule has 20 heavy (non-hydrogen) atoms. The molecule has 0 amide bonds. The van der Waals surface area contributed by atoms with Crippen molar-refractivity contribution in [2.24, 2.45) is 5.92 Å². The van der Waals surface area contributed by atoms with Gasteiger partial charge in [0.25, 0.3) is 0 Å². The Balaban J connectivity index is 2.12. The van der Waals surface area contributed by atoms with E-state index in [-0.39, 0.29) is 6.42 Å². The van der Waals surface area contributed by atoms with Crippen LogP contribution in [0.15, 0.2) is 0 Å². The molecule has 6 heteroatoms. The lowest BCUT2D eigenvalue weighted by Gasteiger charge is -2.30. The molecule has 1 aliphatic rings. The molecule has 2 heterocycles. The van der Waals surface area contributed by atoms with E-state index in [1.54, 1.807) is 18.4 Å². The summed E-state index contributed by atoms with van der Waals surface area (Å²) in [7, 11) is 1.64. The molecule has 0 spiro atoms. The number of carboxylic acid groups (broad SMARTS) is 1. The molecule has 112 valence electrons. The van der Waals surface area contributed by atoms with Crippen LogP contribution in [0.3, 0.4) is 0 Å². The van der Waals surface area contributed by atoms with Crippen molar-refractivity contribution in [1.82, 2.24) is 4.98 Å². The number of piperidine rings is 1. The van der Waals surface area contributed by atoms with Crippen LogP contribution in [-0.2, 0) is 22.6 Å². The fourth-order valence-electron chi connectivity index (χ4n) is 2.53. The number of aliphatic carboxylic acids is 1. The lowest BCUT2D eigenvalue weighted by Crippen LogP contribution is -2.34. The predicted octanol–water partition coefficient (Wildman–Crippen LogP) is 2.54. The molecule has 1 aromatic heterocycles. The number of thiazole rings is 1. The third-order valence-electron chi connectivity index (χ3n) is 3.54. The molecule has 0 saturated carbocycles. The number of carboxylic acids is 1. The standard InChI is InChI=1S/C14H22N2O3S/c1-10-4-3-7-16(8-10)14-15-11(9-19-2)12(20-14)5-6-13(17)18/h10H,3-9H2,1-2H3,(H,17,18). The van der Waals surface area contributed by atoms with Gasteiger partial charge in [0.15, 0.2) is 5.13 Å². The SMILES string of the molecule is COCc1nc(N2CCCC(C)C2)sc1CCC(=O)O. The smallest absolute Gasteiger partial charge is 0.303 e. The molecular formula is C14H22N2O3S. The zero-order chi connectivity index (χ0) is 14.5. The highest BCUT2D eigenvalue weighted by Gasteiger charge is 2.21. The molecule has 1 aliphatic heterocycles. The van der Waals surface area contributed by atoms with Crippen LogP contribution in [-0.4, -0.2) is 36.3 Å². The first-order chi connectivity index (χ1) is 9.60. The average molecular weight is 298 g/mol. The third kappa shape index (κ3) is 3.93. The molecule has 0 aromatic carbocycles. The van der Waals surface area contributed by atoms with Gasteiger partial charge >= 0.3 is 5.97 Å². The normalized spacial score (nSPS) is 19.3. The van der Waals surface area contributed by atoms with Gasteiger partial charge in [0.2, 0.25) is 0 Å². The molecule has 1 atom stereocenters. The van der Waals surface area contributed by atoms with Crippen LogP contribution >= 0.6 is 11.3 Å². The Bertz CT molecular complexity index is 461. The van der Waals surface area contributed by atoms with Crippen LogP contribution in [0.4, 0.5) is 5.13 Å². The lowest BCUT2D eigenvalue weighted by molar-refractivity contribution is -0.136. The number of nitrogens with zero attached hydrogens (tertiary/aromatic N) is 2. The Morgan fingerprint density at radius 3 is 3.05 bits per heavy atom. The number of methoxy groups -OCH3 is 1. The van der Waals surface area contributed by atoms with Gasteiger partial charge < -0.3 is 14.7 Å². The van der Waals surface area contributed by atoms with E-state index in [0.29, 0.717) is 18.9 Å². The quantitative estimate of drug-likeness (QED) is 0.874. The van der Waals surface area contributed by atoms with Gasteiger partial charge in [0.1, 0.15) is 0 Å². The van der Waals surface area contributed by atoms with E-state index < -0.39 is 5.97 Å². The number of hydrogen-bond donors (Lipinski definition) is 1. The molecule has 1 N–H and O–H groups in total. The minimum Gasteiger partial charge on any atom is -0.481 e. The third-order valence-corrected chi connectivity index (χ3v) is 4.76. The van der Waals surface area contributed by atoms with Crippen molar-refractivity contribution in [3.63, 3.8) is 0 Å². The van der Waals surface area contributed by atoms with Crippen LogP contribution < -0.4 is 4.90 Å². The number of anilines is 1. The highest BCUT2D eigenvalue weighted by molar-refractivity contribution is 7.15. The maximum Gasteiger partial charge on any atom is 0.303 e. The van der Waals surface area contributed by atoms with Gasteiger partial charge in [0.05, 0.1) is 18.7 Å². The Morgan fingerprint density at radius 1 is 1.60 bits per heavy atom. The van der Waals surface area contributed by atoms with Gasteiger partial charge in [0, 0.05) is 25.1 Å². The monoisotopic (exact) mass is 298 g/mol. The zero-order valence-corrected chi connectivity index (χ0v) is 12.9. The Hall–Kier alpha value is -1.14. The molecule has 1 aromatic rings. The van der Waals surface area contributed by atoms with Gasteiger partial charge in [-0.3, -0.25) is 4.79 Å². The highest BCUT2D eigenvalue weighted by atomic mass is 32.1. The molecule has 0 radical (unpaired) electrons. The van der Waals surface area contributed by atoms with Crippen LogP contribution in [0.1, 0.15) is 36.8 Å². The van der Waals surface area contributed by atoms with E-state index in [0.717, 1.165) is 28.8 Å². The summed E-state index contributed by atoms with van der Waals surface area (Å²) < 4.78 is 5.18. The summed E-state index contributed by atoms with van der Waals surface area (Å²) in [6.07, 6.45) is 3.16. The van der Waals surface area contributed by atoms with Gasteiger partial charge in [-0.2, -0.15) is 0 Å². The summed E-state index contributed by atoms with van der Waals surface area (Å²) in [4.78, 5) is 18.8. The first-order valence-electron chi connectivity index (χ1n) is 7.04. The molecule has 1 fully saturated rings. The van der Waals surface area contributed by atoms with Crippen LogP contribution in [0.5, 0.6) is 0 Å². The van der Waals surface area contributed by atoms with Crippen molar-refractivity contribution in [3.05, 3.63) is 10.6 Å². The number of hydrogen-bond acceptors (Lipinski definition) is 5. The minimum absolute atomic E-state index is 0.148. The van der Waals surface area contributed by atoms with Crippen molar-refractivity contribution < 1.29 is 14.6 Å². The molecule has 0 aliphatic carbocycles. The van der Waals surface area contributed by atoms with Gasteiger partial charge in [-0.15, -0.1) is 11.3 Å². The van der Waals surface area contributed by atoms with Crippen molar-refractivity contribution >= 4 is 22.4 Å². The average Bonchev–Trinajstić information content (AvgIpc) is 2.80. The van der Waals surface area contributed by atoms with E-state index in [1.165, 1.54) is 12.8 Å². The number of aryl methyl sites for hydroxylation is 1. The molecule has 1 unspecified atom stereocenters. The van der Waals surface area contributed by atoms with Crippen LogP contribution in [0.25, 0.3) is 0 Å². The Kier molecular flexibility index (Phi) is 5.37. The van der Waals surface area contributed by atoms with Crippen molar-refractivity contribution in [3.8, 4) is 0 Å². The van der Waals surface area contributed by atoms with Gasteiger partial charge in [-0.05, 0) is 25.2 Å². The van der Waals surface area contributed by atoms with Crippen LogP contribution in [0, 0.1) is 5.92 Å². The van der Waals surface area contributed by atoms with E-state index >= 15 is 0 Å². The molecule has 2 rings (SSSR count). The van der Waals surface area contributed by atoms with E-state index in [1.807, 2.05) is 0 Å². The van der Waals surface area contributed by atoms with Gasteiger partial charge in [-0.25, -0.2) is 4.98 Å². The first-order valence-corrected chi connectivity index (χ1v) is 7.86. The number of carbonyl (C=O) groups is 1. The first kappa shape index (κ1) is 15.3. The number of rotatable bonds is 6. The number of aromatic nitrogens is 1. The molecule has 1 saturated heterocycles. The summed E-state index contributed by atoms with van der Waals surface area (Å²) in [5, 5.41) is 9.85. The van der Waals surface area contributed by atoms with Crippen molar-refractivity contribution in [1.29, 1.82) is 0 Å². The predicted molar refractivity (Wildman–Crippen MR) is 79.4 cm³/mol. The van der Waals surface area contributed by atoms with Crippen molar-refractivity contribution in [2.45, 2.75) is 39.2 Å². The summed E-state index contributed by atoms with van der Waals surface area (Å²) in [5.74, 6) is -0.0732. The second-order valence-corrected chi connectivity index (χ2v) is 6.45. The summed E-state index contributed by atoms with van der Waals surface area (Å²) in [6, 6.07) is 0. The van der Waals surface area contributed by atoms with E-state index in [9.17, 15) is 4.79 Å². The fraction of sp³-hybridized carbons (Fsp3) is 0.714. The van der Waals surface area contributed by atoms with E-state index in [2.05, 4.69) is 16.8 Å². The molecule has 0 bridgehead atoms. The summed E-state index contributed by atoms with van der Waals surface area (Å²) >= 11 is 1.62. The fourth-order valence-corrected chi connectivity index (χ4v) is 3.63. The maximum atomic E-state index is 10.7. The van der Waals surface area contributed by atoms with Crippen LogP contribution in [0.2, 0.25) is 0 Å². The number of ether oxygens (including phenoxy) is 1. The second-order valence-electron chi connectivity index (χ2n) is 5.39. The van der Waals surface area contributed by atoms with Gasteiger partial charge in [-0.1, -0.05) is 6.92 Å². The Morgan fingerprint density at radius 2 is 2.40 bits per heavy atom. The van der Waals surface area contributed by atoms with Crippen molar-refractivity contribution in [2.75, 3.05) is 25.1 Å². The minimum atomic E-state index is -0.769. The molecule has 5 nitrogen and oxygen atoms in total. The topological polar surface area (TPSA) is 62.7 Å². The largest absolute Gasteiger partial charge is 0.481 e. The molecular weight excluding hydrogens is 276 g/mol.